The summed E-state index contributed by atoms with van der Waals surface area (Å²) in [6.45, 7) is 6.50. The molecule has 0 saturated carbocycles. The second kappa shape index (κ2) is 3.62. The Bertz CT molecular complexity index is 299. The van der Waals surface area contributed by atoms with Gasteiger partial charge in [-0.25, -0.2) is 0 Å². The van der Waals surface area contributed by atoms with E-state index in [0.717, 1.165) is 10.6 Å². The van der Waals surface area contributed by atoms with Gasteiger partial charge in [0.15, 0.2) is 0 Å². The van der Waals surface area contributed by atoms with Crippen molar-refractivity contribution in [1.29, 1.82) is 0 Å². The molecule has 0 heterocycles. The van der Waals surface area contributed by atoms with Crippen LogP contribution < -0.4 is 4.74 Å². The highest BCUT2D eigenvalue weighted by Crippen LogP contribution is 2.31. The van der Waals surface area contributed by atoms with Gasteiger partial charge in [0.1, 0.15) is 5.75 Å². The smallest absolute Gasteiger partial charge is 0.119 e. The summed E-state index contributed by atoms with van der Waals surface area (Å²) in [5.41, 5.74) is 1.33. The highest BCUT2D eigenvalue weighted by Gasteiger charge is 2.17. The molecule has 0 aliphatic rings. The molecule has 1 aromatic rings. The van der Waals surface area contributed by atoms with Crippen molar-refractivity contribution >= 4 is 12.6 Å². The second-order valence-corrected chi connectivity index (χ2v) is 4.61. The van der Waals surface area contributed by atoms with E-state index in [1.165, 1.54) is 5.56 Å². The molecule has 0 bridgehead atoms. The maximum atomic E-state index is 5.17. The molecular weight excluding hydrogens is 180 g/mol. The fraction of sp³-hybridized carbons (Fsp3) is 0.455. The van der Waals surface area contributed by atoms with Gasteiger partial charge in [0, 0.05) is 4.90 Å². The van der Waals surface area contributed by atoms with E-state index >= 15 is 0 Å². The van der Waals surface area contributed by atoms with E-state index in [9.17, 15) is 0 Å². The van der Waals surface area contributed by atoms with Crippen molar-refractivity contribution in [3.05, 3.63) is 23.8 Å². The molecule has 0 aliphatic heterocycles. The number of rotatable bonds is 1. The Morgan fingerprint density at radius 1 is 1.23 bits per heavy atom. The predicted molar refractivity (Wildman–Crippen MR) is 58.9 cm³/mol. The summed E-state index contributed by atoms with van der Waals surface area (Å²) in [6.07, 6.45) is 0. The number of thiol groups is 1. The lowest BCUT2D eigenvalue weighted by atomic mass is 9.87. The maximum Gasteiger partial charge on any atom is 0.119 e. The van der Waals surface area contributed by atoms with Crippen LogP contribution >= 0.6 is 12.6 Å². The molecule has 0 amide bonds. The molecule has 0 N–H and O–H groups in total. The van der Waals surface area contributed by atoms with E-state index in [4.69, 9.17) is 4.74 Å². The van der Waals surface area contributed by atoms with Crippen molar-refractivity contribution in [2.24, 2.45) is 0 Å². The highest BCUT2D eigenvalue weighted by molar-refractivity contribution is 7.80. The molecular formula is C11H16OS. The molecule has 0 atom stereocenters. The Kier molecular flexibility index (Phi) is 2.91. The third kappa shape index (κ3) is 2.41. The fourth-order valence-corrected chi connectivity index (χ4v) is 1.72. The highest BCUT2D eigenvalue weighted by atomic mass is 32.1. The summed E-state index contributed by atoms with van der Waals surface area (Å²) in [5, 5.41) is 0. The standard InChI is InChI=1S/C11H16OS/c1-11(2,3)9-7-8(12-4)5-6-10(9)13/h5-7,13H,1-4H3. The van der Waals surface area contributed by atoms with E-state index in [0.29, 0.717) is 0 Å². The molecule has 72 valence electrons. The summed E-state index contributed by atoms with van der Waals surface area (Å²) in [6, 6.07) is 5.95. The van der Waals surface area contributed by atoms with Crippen molar-refractivity contribution in [3.8, 4) is 5.75 Å². The SMILES string of the molecule is COc1ccc(S)c(C(C)(C)C)c1. The molecule has 1 rings (SSSR count). The molecule has 0 fully saturated rings. The number of methoxy groups -OCH3 is 1. The second-order valence-electron chi connectivity index (χ2n) is 4.13. The monoisotopic (exact) mass is 196 g/mol. The van der Waals surface area contributed by atoms with Gasteiger partial charge in [-0.15, -0.1) is 12.6 Å². The summed E-state index contributed by atoms with van der Waals surface area (Å²) in [5.74, 6) is 0.891. The Morgan fingerprint density at radius 3 is 2.31 bits per heavy atom. The van der Waals surface area contributed by atoms with Crippen LogP contribution in [0.25, 0.3) is 0 Å². The van der Waals surface area contributed by atoms with Gasteiger partial charge in [0.2, 0.25) is 0 Å². The minimum absolute atomic E-state index is 0.117. The number of benzene rings is 1. The minimum atomic E-state index is 0.117. The van der Waals surface area contributed by atoms with Gasteiger partial charge in [-0.1, -0.05) is 20.8 Å². The van der Waals surface area contributed by atoms with Gasteiger partial charge in [0.05, 0.1) is 7.11 Å². The zero-order valence-electron chi connectivity index (χ0n) is 8.59. The Balaban J connectivity index is 3.19. The maximum absolute atomic E-state index is 5.17. The van der Waals surface area contributed by atoms with Crippen LogP contribution in [0.15, 0.2) is 23.1 Å². The quantitative estimate of drug-likeness (QED) is 0.678. The van der Waals surface area contributed by atoms with Gasteiger partial charge in [0.25, 0.3) is 0 Å². The zero-order chi connectivity index (χ0) is 10.1. The lowest BCUT2D eigenvalue weighted by molar-refractivity contribution is 0.412. The first-order valence-corrected chi connectivity index (χ1v) is 4.77. The average Bonchev–Trinajstić information content (AvgIpc) is 2.03. The van der Waals surface area contributed by atoms with E-state index in [1.807, 2.05) is 18.2 Å². The van der Waals surface area contributed by atoms with Crippen molar-refractivity contribution in [1.82, 2.24) is 0 Å². The van der Waals surface area contributed by atoms with Crippen LogP contribution in [0.2, 0.25) is 0 Å². The minimum Gasteiger partial charge on any atom is -0.497 e. The Morgan fingerprint density at radius 2 is 1.85 bits per heavy atom. The normalized spacial score (nSPS) is 11.5. The van der Waals surface area contributed by atoms with Crippen molar-refractivity contribution in [2.45, 2.75) is 31.1 Å². The molecule has 2 heteroatoms. The van der Waals surface area contributed by atoms with Crippen LogP contribution in [0, 0.1) is 0 Å². The van der Waals surface area contributed by atoms with Crippen molar-refractivity contribution in [3.63, 3.8) is 0 Å². The van der Waals surface area contributed by atoms with Gasteiger partial charge in [-0.3, -0.25) is 0 Å². The van der Waals surface area contributed by atoms with E-state index in [1.54, 1.807) is 7.11 Å². The van der Waals surface area contributed by atoms with Crippen LogP contribution in [0.5, 0.6) is 5.75 Å². The van der Waals surface area contributed by atoms with Gasteiger partial charge >= 0.3 is 0 Å². The summed E-state index contributed by atoms with van der Waals surface area (Å²) in [7, 11) is 1.68. The fourth-order valence-electron chi connectivity index (χ4n) is 1.24. The van der Waals surface area contributed by atoms with Gasteiger partial charge in [-0.2, -0.15) is 0 Å². The van der Waals surface area contributed by atoms with Crippen LogP contribution in [-0.4, -0.2) is 7.11 Å². The third-order valence-corrected chi connectivity index (χ3v) is 2.40. The molecule has 0 spiro atoms. The molecule has 1 nitrogen and oxygen atoms in total. The number of hydrogen-bond donors (Lipinski definition) is 1. The Hall–Kier alpha value is -0.630. The van der Waals surface area contributed by atoms with Crippen LogP contribution in [0.3, 0.4) is 0 Å². The number of ether oxygens (including phenoxy) is 1. The van der Waals surface area contributed by atoms with Crippen LogP contribution in [-0.2, 0) is 5.41 Å². The summed E-state index contributed by atoms with van der Waals surface area (Å²) >= 11 is 4.42. The lowest BCUT2D eigenvalue weighted by Gasteiger charge is -2.21. The summed E-state index contributed by atoms with van der Waals surface area (Å²) < 4.78 is 5.17. The van der Waals surface area contributed by atoms with Gasteiger partial charge in [-0.05, 0) is 29.2 Å². The molecule has 0 unspecified atom stereocenters. The first-order chi connectivity index (χ1) is 5.95. The van der Waals surface area contributed by atoms with Crippen LogP contribution in [0.4, 0.5) is 0 Å². The van der Waals surface area contributed by atoms with Crippen LogP contribution in [0.1, 0.15) is 26.3 Å². The summed E-state index contributed by atoms with van der Waals surface area (Å²) in [4.78, 5) is 1.02. The molecule has 0 saturated heterocycles. The first kappa shape index (κ1) is 10.5. The van der Waals surface area contributed by atoms with Crippen molar-refractivity contribution in [2.75, 3.05) is 7.11 Å². The third-order valence-electron chi connectivity index (χ3n) is 2.01. The molecule has 1 aromatic carbocycles. The lowest BCUT2D eigenvalue weighted by Crippen LogP contribution is -2.12. The van der Waals surface area contributed by atoms with E-state index in [-0.39, 0.29) is 5.41 Å². The average molecular weight is 196 g/mol. The van der Waals surface area contributed by atoms with E-state index < -0.39 is 0 Å². The zero-order valence-corrected chi connectivity index (χ0v) is 9.48. The molecule has 0 radical (unpaired) electrons. The molecule has 0 aromatic heterocycles. The van der Waals surface area contributed by atoms with E-state index in [2.05, 4.69) is 33.4 Å². The predicted octanol–water partition coefficient (Wildman–Crippen LogP) is 3.28. The Labute approximate surface area is 85.5 Å². The van der Waals surface area contributed by atoms with Crippen molar-refractivity contribution < 1.29 is 4.74 Å². The molecule has 13 heavy (non-hydrogen) atoms. The number of hydrogen-bond acceptors (Lipinski definition) is 2. The topological polar surface area (TPSA) is 9.23 Å². The van der Waals surface area contributed by atoms with Gasteiger partial charge < -0.3 is 4.74 Å². The first-order valence-electron chi connectivity index (χ1n) is 4.32. The molecule has 0 aliphatic carbocycles. The largest absolute Gasteiger partial charge is 0.497 e.